The number of nitrogens with zero attached hydrogens (tertiary/aromatic N) is 1. The van der Waals surface area contributed by atoms with Crippen molar-refractivity contribution in [1.82, 2.24) is 4.98 Å². The molecule has 116 valence electrons. The van der Waals surface area contributed by atoms with E-state index in [4.69, 9.17) is 4.74 Å². The van der Waals surface area contributed by atoms with Crippen molar-refractivity contribution < 1.29 is 14.3 Å². The number of nitrogens with one attached hydrogen (secondary N) is 1. The molecule has 0 aliphatic heterocycles. The van der Waals surface area contributed by atoms with Crippen LogP contribution in [0.4, 0.5) is 5.13 Å². The third kappa shape index (κ3) is 3.92. The number of carbonyl (C=O) groups excluding carboxylic acids is 2. The van der Waals surface area contributed by atoms with Gasteiger partial charge in [0.25, 0.3) is 5.91 Å². The maximum absolute atomic E-state index is 12.2. The number of rotatable bonds is 5. The van der Waals surface area contributed by atoms with Gasteiger partial charge < -0.3 is 4.74 Å². The first-order chi connectivity index (χ1) is 10.4. The molecule has 1 N–H and O–H groups in total. The molecule has 1 heterocycles. The molecule has 0 radical (unpaired) electrons. The molecular weight excluding hydrogens is 300 g/mol. The lowest BCUT2D eigenvalue weighted by Crippen LogP contribution is -2.12. The minimum absolute atomic E-state index is 0.0503. The minimum Gasteiger partial charge on any atom is -0.491 e. The van der Waals surface area contributed by atoms with Crippen LogP contribution in [0, 0.1) is 6.92 Å². The second-order valence-electron chi connectivity index (χ2n) is 5.13. The highest BCUT2D eigenvalue weighted by molar-refractivity contribution is 7.17. The van der Waals surface area contributed by atoms with Crippen molar-refractivity contribution in [3.63, 3.8) is 0 Å². The number of aromatic nitrogens is 1. The topological polar surface area (TPSA) is 68.3 Å². The fourth-order valence-corrected chi connectivity index (χ4v) is 2.76. The van der Waals surface area contributed by atoms with Gasteiger partial charge in [0.05, 0.1) is 16.7 Å². The Morgan fingerprint density at radius 2 is 1.86 bits per heavy atom. The van der Waals surface area contributed by atoms with Crippen LogP contribution in [0.2, 0.25) is 0 Å². The predicted octanol–water partition coefficient (Wildman–Crippen LogP) is 3.69. The molecule has 0 aliphatic carbocycles. The monoisotopic (exact) mass is 318 g/mol. The van der Waals surface area contributed by atoms with Gasteiger partial charge in [0, 0.05) is 12.5 Å². The smallest absolute Gasteiger partial charge is 0.257 e. The maximum Gasteiger partial charge on any atom is 0.257 e. The summed E-state index contributed by atoms with van der Waals surface area (Å²) in [5.74, 6) is 0.404. The van der Waals surface area contributed by atoms with Gasteiger partial charge in [-0.2, -0.15) is 0 Å². The highest BCUT2D eigenvalue weighted by atomic mass is 32.1. The first-order valence-corrected chi connectivity index (χ1v) is 7.75. The van der Waals surface area contributed by atoms with Gasteiger partial charge in [0.15, 0.2) is 10.9 Å². The molecule has 1 amide bonds. The van der Waals surface area contributed by atoms with Crippen molar-refractivity contribution >= 4 is 28.2 Å². The Kier molecular flexibility index (Phi) is 4.92. The van der Waals surface area contributed by atoms with E-state index in [1.165, 1.54) is 18.3 Å². The summed E-state index contributed by atoms with van der Waals surface area (Å²) in [6.45, 7) is 7.12. The molecular formula is C16H18N2O3S. The van der Waals surface area contributed by atoms with Gasteiger partial charge in [0.2, 0.25) is 0 Å². The van der Waals surface area contributed by atoms with Crippen LogP contribution in [0.1, 0.15) is 46.5 Å². The number of carbonyl (C=O) groups is 2. The number of amides is 1. The lowest BCUT2D eigenvalue weighted by molar-refractivity contribution is 0.101. The number of thiazole rings is 1. The molecule has 2 aromatic rings. The third-order valence-corrected chi connectivity index (χ3v) is 4.00. The number of Topliss-reactive ketones (excluding diaryl/α,β-unsaturated/α-hetero) is 1. The van der Waals surface area contributed by atoms with Crippen LogP contribution in [0.3, 0.4) is 0 Å². The van der Waals surface area contributed by atoms with Gasteiger partial charge in [0.1, 0.15) is 5.75 Å². The van der Waals surface area contributed by atoms with Crippen molar-refractivity contribution in [2.75, 3.05) is 5.32 Å². The molecule has 0 saturated carbocycles. The highest BCUT2D eigenvalue weighted by Gasteiger charge is 2.14. The summed E-state index contributed by atoms with van der Waals surface area (Å²) in [6.07, 6.45) is 0.0861. The van der Waals surface area contributed by atoms with E-state index in [1.54, 1.807) is 31.2 Å². The van der Waals surface area contributed by atoms with Crippen molar-refractivity contribution in [2.24, 2.45) is 0 Å². The molecule has 0 atom stereocenters. The lowest BCUT2D eigenvalue weighted by atomic mass is 10.2. The van der Waals surface area contributed by atoms with Crippen LogP contribution in [-0.2, 0) is 0 Å². The summed E-state index contributed by atoms with van der Waals surface area (Å²) in [5, 5.41) is 3.14. The van der Waals surface area contributed by atoms with Crippen molar-refractivity contribution in [3.8, 4) is 5.75 Å². The van der Waals surface area contributed by atoms with Crippen LogP contribution >= 0.6 is 11.3 Å². The van der Waals surface area contributed by atoms with E-state index in [9.17, 15) is 9.59 Å². The van der Waals surface area contributed by atoms with Gasteiger partial charge in [-0.3, -0.25) is 14.9 Å². The molecule has 5 nitrogen and oxygen atoms in total. The van der Waals surface area contributed by atoms with E-state index in [1.807, 2.05) is 13.8 Å². The Labute approximate surface area is 133 Å². The number of anilines is 1. The molecule has 0 unspecified atom stereocenters. The molecule has 0 aliphatic rings. The van der Waals surface area contributed by atoms with Crippen molar-refractivity contribution in [2.45, 2.75) is 33.8 Å². The number of benzene rings is 1. The fraction of sp³-hybridized carbons (Fsp3) is 0.312. The van der Waals surface area contributed by atoms with E-state index in [2.05, 4.69) is 10.3 Å². The predicted molar refractivity (Wildman–Crippen MR) is 87.0 cm³/mol. The molecule has 22 heavy (non-hydrogen) atoms. The number of ketones is 1. The Morgan fingerprint density at radius 3 is 2.36 bits per heavy atom. The molecule has 1 aromatic heterocycles. The Hall–Kier alpha value is -2.21. The lowest BCUT2D eigenvalue weighted by Gasteiger charge is -2.09. The molecule has 1 aromatic carbocycles. The van der Waals surface area contributed by atoms with Gasteiger partial charge in [-0.25, -0.2) is 4.98 Å². The Bertz CT molecular complexity index is 690. The summed E-state index contributed by atoms with van der Waals surface area (Å²) in [6, 6.07) is 6.89. The van der Waals surface area contributed by atoms with Gasteiger partial charge in [-0.1, -0.05) is 11.3 Å². The zero-order valence-corrected chi connectivity index (χ0v) is 13.8. The first kappa shape index (κ1) is 16.2. The number of ether oxygens (including phenoxy) is 1. The summed E-state index contributed by atoms with van der Waals surface area (Å²) in [7, 11) is 0. The SMILES string of the molecule is CC(=O)c1sc(NC(=O)c2ccc(OC(C)C)cc2)nc1C. The third-order valence-electron chi connectivity index (χ3n) is 2.83. The largest absolute Gasteiger partial charge is 0.491 e. The van der Waals surface area contributed by atoms with Crippen LogP contribution in [0.25, 0.3) is 0 Å². The van der Waals surface area contributed by atoms with Gasteiger partial charge >= 0.3 is 0 Å². The van der Waals surface area contributed by atoms with Crippen LogP contribution in [0.5, 0.6) is 5.75 Å². The maximum atomic E-state index is 12.2. The summed E-state index contributed by atoms with van der Waals surface area (Å²) < 4.78 is 5.53. The van der Waals surface area contributed by atoms with E-state index < -0.39 is 0 Å². The number of hydrogen-bond donors (Lipinski definition) is 1. The molecule has 6 heteroatoms. The zero-order chi connectivity index (χ0) is 16.3. The molecule has 0 spiro atoms. The second-order valence-corrected chi connectivity index (χ2v) is 6.13. The van der Waals surface area contributed by atoms with E-state index in [-0.39, 0.29) is 17.8 Å². The minimum atomic E-state index is -0.264. The van der Waals surface area contributed by atoms with Crippen molar-refractivity contribution in [3.05, 3.63) is 40.4 Å². The molecule has 0 fully saturated rings. The number of aryl methyl sites for hydroxylation is 1. The van der Waals surface area contributed by atoms with Crippen LogP contribution < -0.4 is 10.1 Å². The van der Waals surface area contributed by atoms with E-state index in [0.29, 0.717) is 21.3 Å². The average molecular weight is 318 g/mol. The highest BCUT2D eigenvalue weighted by Crippen LogP contribution is 2.23. The first-order valence-electron chi connectivity index (χ1n) is 6.93. The quantitative estimate of drug-likeness (QED) is 0.854. The molecule has 0 saturated heterocycles. The van der Waals surface area contributed by atoms with Crippen molar-refractivity contribution in [1.29, 1.82) is 0 Å². The average Bonchev–Trinajstić information content (AvgIpc) is 2.79. The second kappa shape index (κ2) is 6.70. The summed E-state index contributed by atoms with van der Waals surface area (Å²) in [5.41, 5.74) is 1.14. The van der Waals surface area contributed by atoms with E-state index in [0.717, 1.165) is 5.75 Å². The van der Waals surface area contributed by atoms with Gasteiger partial charge in [-0.15, -0.1) is 0 Å². The van der Waals surface area contributed by atoms with Gasteiger partial charge in [-0.05, 0) is 45.0 Å². The molecule has 2 rings (SSSR count). The zero-order valence-electron chi connectivity index (χ0n) is 13.0. The summed E-state index contributed by atoms with van der Waals surface area (Å²) >= 11 is 1.18. The number of hydrogen-bond acceptors (Lipinski definition) is 5. The molecule has 0 bridgehead atoms. The Balaban J connectivity index is 2.09. The van der Waals surface area contributed by atoms with E-state index >= 15 is 0 Å². The van der Waals surface area contributed by atoms with Crippen LogP contribution in [0.15, 0.2) is 24.3 Å². The summed E-state index contributed by atoms with van der Waals surface area (Å²) in [4.78, 5) is 28.3. The fourth-order valence-electron chi connectivity index (χ4n) is 1.90. The normalized spacial score (nSPS) is 10.6. The Morgan fingerprint density at radius 1 is 1.23 bits per heavy atom. The van der Waals surface area contributed by atoms with Crippen LogP contribution in [-0.4, -0.2) is 22.8 Å². The standard InChI is InChI=1S/C16H18N2O3S/c1-9(2)21-13-7-5-12(6-8-13)15(20)18-16-17-10(3)14(22-16)11(4)19/h5-9H,1-4H3,(H,17,18,20).